The first kappa shape index (κ1) is 18.8. The fourth-order valence-electron chi connectivity index (χ4n) is 3.14. The molecule has 1 aliphatic rings. The van der Waals surface area contributed by atoms with Crippen LogP contribution in [0.4, 0.5) is 13.2 Å². The SMILES string of the molecule is CCC1c2nccnc2C(=O)C(c2c(Cl)cccc2C(F)(F)F)S1(=O)=O. The molecule has 0 N–H and O–H groups in total. The third-order valence-corrected chi connectivity index (χ3v) is 7.01. The molecule has 0 bridgehead atoms. The number of sulfone groups is 1. The van der Waals surface area contributed by atoms with Gasteiger partial charge in [0.2, 0.25) is 5.78 Å². The Morgan fingerprint density at radius 1 is 1.19 bits per heavy atom. The summed E-state index contributed by atoms with van der Waals surface area (Å²) in [6.07, 6.45) is -2.42. The summed E-state index contributed by atoms with van der Waals surface area (Å²) >= 11 is 5.93. The molecule has 0 spiro atoms. The molecule has 2 unspecified atom stereocenters. The lowest BCUT2D eigenvalue weighted by atomic mass is 9.97. The van der Waals surface area contributed by atoms with Crippen molar-refractivity contribution in [2.75, 3.05) is 0 Å². The number of alkyl halides is 3. The summed E-state index contributed by atoms with van der Waals surface area (Å²) in [6.45, 7) is 1.55. The number of fused-ring (bicyclic) bond motifs is 1. The van der Waals surface area contributed by atoms with Crippen LogP contribution in [0.15, 0.2) is 30.6 Å². The van der Waals surface area contributed by atoms with Crippen molar-refractivity contribution in [3.8, 4) is 0 Å². The first-order valence-electron chi connectivity index (χ1n) is 7.54. The number of Topliss-reactive ketones (excluding diaryl/α,β-unsaturated/α-hetero) is 1. The second-order valence-corrected chi connectivity index (χ2v) is 8.34. The Kier molecular flexibility index (Phi) is 4.56. The third-order valence-electron chi connectivity index (χ3n) is 4.22. The van der Waals surface area contributed by atoms with Crippen LogP contribution in [-0.4, -0.2) is 24.2 Å². The van der Waals surface area contributed by atoms with E-state index in [0.29, 0.717) is 6.07 Å². The largest absolute Gasteiger partial charge is 0.416 e. The standard InChI is InChI=1S/C16H12ClF3N2O3S/c1-2-10-12-13(22-7-6-21-12)14(23)15(26(10,24)25)11-8(16(18,19)20)4-3-5-9(11)17/h3-7,10,15H,2H2,1H3. The molecule has 0 saturated heterocycles. The van der Waals surface area contributed by atoms with E-state index in [1.807, 2.05) is 0 Å². The molecule has 1 aromatic carbocycles. The smallest absolute Gasteiger partial charge is 0.291 e. The van der Waals surface area contributed by atoms with Crippen molar-refractivity contribution >= 4 is 27.2 Å². The number of halogens is 4. The number of aromatic nitrogens is 2. The fourth-order valence-corrected chi connectivity index (χ4v) is 5.76. The normalized spacial score (nSPS) is 22.1. The first-order valence-corrected chi connectivity index (χ1v) is 9.52. The van der Waals surface area contributed by atoms with Gasteiger partial charge in [-0.3, -0.25) is 9.78 Å². The first-order chi connectivity index (χ1) is 12.1. The van der Waals surface area contributed by atoms with E-state index in [4.69, 9.17) is 11.6 Å². The van der Waals surface area contributed by atoms with Gasteiger partial charge in [-0.1, -0.05) is 24.6 Å². The monoisotopic (exact) mass is 404 g/mol. The molecule has 2 heterocycles. The van der Waals surface area contributed by atoms with Gasteiger partial charge in [0, 0.05) is 23.0 Å². The fraction of sp³-hybridized carbons (Fsp3) is 0.312. The predicted octanol–water partition coefficient (Wildman–Crippen LogP) is 3.95. The number of carbonyl (C=O) groups is 1. The molecule has 2 atom stereocenters. The van der Waals surface area contributed by atoms with Crippen LogP contribution in [0.3, 0.4) is 0 Å². The highest BCUT2D eigenvalue weighted by atomic mass is 35.5. The second kappa shape index (κ2) is 6.31. The molecule has 2 aromatic rings. The van der Waals surface area contributed by atoms with Crippen molar-refractivity contribution in [1.82, 2.24) is 9.97 Å². The van der Waals surface area contributed by atoms with E-state index < -0.39 is 48.4 Å². The number of rotatable bonds is 2. The zero-order valence-corrected chi connectivity index (χ0v) is 14.9. The van der Waals surface area contributed by atoms with Crippen LogP contribution >= 0.6 is 11.6 Å². The molecule has 0 amide bonds. The Bertz CT molecular complexity index is 992. The van der Waals surface area contributed by atoms with E-state index in [9.17, 15) is 26.4 Å². The number of carbonyl (C=O) groups excluding carboxylic acids is 1. The molecule has 0 radical (unpaired) electrons. The molecule has 3 rings (SSSR count). The summed E-state index contributed by atoms with van der Waals surface area (Å²) in [5.74, 6) is -1.06. The maximum Gasteiger partial charge on any atom is 0.416 e. The minimum atomic E-state index is -4.87. The minimum absolute atomic E-state index is 0.0314. The Balaban J connectivity index is 2.36. The van der Waals surface area contributed by atoms with E-state index in [-0.39, 0.29) is 17.8 Å². The molecule has 1 aliphatic heterocycles. The Hall–Kier alpha value is -2.00. The second-order valence-electron chi connectivity index (χ2n) is 5.72. The van der Waals surface area contributed by atoms with Gasteiger partial charge in [0.1, 0.15) is 10.9 Å². The highest BCUT2D eigenvalue weighted by Gasteiger charge is 2.51. The lowest BCUT2D eigenvalue weighted by Gasteiger charge is -2.30. The zero-order chi connectivity index (χ0) is 19.3. The van der Waals surface area contributed by atoms with Crippen LogP contribution in [0, 0.1) is 0 Å². The maximum atomic E-state index is 13.4. The van der Waals surface area contributed by atoms with Gasteiger partial charge in [0.25, 0.3) is 0 Å². The summed E-state index contributed by atoms with van der Waals surface area (Å²) in [7, 11) is -4.37. The van der Waals surface area contributed by atoms with Gasteiger partial charge >= 0.3 is 6.18 Å². The van der Waals surface area contributed by atoms with Crippen molar-refractivity contribution < 1.29 is 26.4 Å². The molecule has 0 fully saturated rings. The number of nitrogens with zero attached hydrogens (tertiary/aromatic N) is 2. The number of hydrogen-bond acceptors (Lipinski definition) is 5. The number of ketones is 1. The van der Waals surface area contributed by atoms with Crippen LogP contribution < -0.4 is 0 Å². The molecule has 0 saturated carbocycles. The van der Waals surface area contributed by atoms with E-state index in [0.717, 1.165) is 12.1 Å². The quantitative estimate of drug-likeness (QED) is 0.757. The van der Waals surface area contributed by atoms with Gasteiger partial charge in [0.15, 0.2) is 15.1 Å². The van der Waals surface area contributed by atoms with Gasteiger partial charge in [-0.25, -0.2) is 13.4 Å². The van der Waals surface area contributed by atoms with Crippen molar-refractivity contribution in [1.29, 1.82) is 0 Å². The Morgan fingerprint density at radius 2 is 1.85 bits per heavy atom. The minimum Gasteiger partial charge on any atom is -0.291 e. The van der Waals surface area contributed by atoms with Crippen LogP contribution in [-0.2, 0) is 16.0 Å². The number of benzene rings is 1. The van der Waals surface area contributed by atoms with Crippen molar-refractivity contribution in [2.24, 2.45) is 0 Å². The van der Waals surface area contributed by atoms with E-state index in [1.54, 1.807) is 6.92 Å². The van der Waals surface area contributed by atoms with E-state index in [1.165, 1.54) is 12.4 Å². The van der Waals surface area contributed by atoms with Crippen molar-refractivity contribution in [3.05, 3.63) is 58.1 Å². The zero-order valence-electron chi connectivity index (χ0n) is 13.3. The molecular weight excluding hydrogens is 393 g/mol. The highest BCUT2D eigenvalue weighted by molar-refractivity contribution is 7.92. The Morgan fingerprint density at radius 3 is 2.46 bits per heavy atom. The Labute approximate surface area is 152 Å². The van der Waals surface area contributed by atoms with Crippen LogP contribution in [0.1, 0.15) is 51.2 Å². The van der Waals surface area contributed by atoms with E-state index >= 15 is 0 Å². The van der Waals surface area contributed by atoms with Crippen molar-refractivity contribution in [2.45, 2.75) is 30.0 Å². The van der Waals surface area contributed by atoms with Gasteiger partial charge in [-0.15, -0.1) is 0 Å². The molecule has 138 valence electrons. The summed E-state index contributed by atoms with van der Waals surface area (Å²) in [5, 5.41) is -3.77. The average molecular weight is 405 g/mol. The lowest BCUT2D eigenvalue weighted by molar-refractivity contribution is -0.138. The lowest BCUT2D eigenvalue weighted by Crippen LogP contribution is -2.36. The van der Waals surface area contributed by atoms with Crippen LogP contribution in [0.2, 0.25) is 5.02 Å². The van der Waals surface area contributed by atoms with Gasteiger partial charge < -0.3 is 0 Å². The van der Waals surface area contributed by atoms with E-state index in [2.05, 4.69) is 9.97 Å². The topological polar surface area (TPSA) is 77.0 Å². The third kappa shape index (κ3) is 2.79. The van der Waals surface area contributed by atoms with Crippen LogP contribution in [0.5, 0.6) is 0 Å². The molecule has 5 nitrogen and oxygen atoms in total. The predicted molar refractivity (Wildman–Crippen MR) is 87.5 cm³/mol. The summed E-state index contributed by atoms with van der Waals surface area (Å²) < 4.78 is 66.4. The van der Waals surface area contributed by atoms with Gasteiger partial charge in [-0.05, 0) is 18.6 Å². The molecule has 10 heteroatoms. The van der Waals surface area contributed by atoms with Gasteiger partial charge in [-0.2, -0.15) is 13.2 Å². The summed E-state index contributed by atoms with van der Waals surface area (Å²) in [5.41, 5.74) is -2.31. The molecule has 0 aliphatic carbocycles. The molecule has 1 aromatic heterocycles. The number of hydrogen-bond donors (Lipinski definition) is 0. The summed E-state index contributed by atoms with van der Waals surface area (Å²) in [6, 6.07) is 2.89. The summed E-state index contributed by atoms with van der Waals surface area (Å²) in [4.78, 5) is 20.6. The van der Waals surface area contributed by atoms with Crippen LogP contribution in [0.25, 0.3) is 0 Å². The molecular formula is C16H12ClF3N2O3S. The maximum absolute atomic E-state index is 13.4. The van der Waals surface area contributed by atoms with Gasteiger partial charge in [0.05, 0.1) is 11.3 Å². The average Bonchev–Trinajstić information content (AvgIpc) is 2.55. The van der Waals surface area contributed by atoms with Crippen molar-refractivity contribution in [3.63, 3.8) is 0 Å². The highest BCUT2D eigenvalue weighted by Crippen LogP contribution is 2.48. The molecule has 26 heavy (non-hydrogen) atoms.